The summed E-state index contributed by atoms with van der Waals surface area (Å²) in [5.74, 6) is -1.00. The highest BCUT2D eigenvalue weighted by Crippen LogP contribution is 2.30. The van der Waals surface area contributed by atoms with Gasteiger partial charge in [0.05, 0.1) is 21.1 Å². The van der Waals surface area contributed by atoms with E-state index in [-0.39, 0.29) is 26.3 Å². The lowest BCUT2D eigenvalue weighted by Gasteiger charge is -2.09. The predicted molar refractivity (Wildman–Crippen MR) is 106 cm³/mol. The highest BCUT2D eigenvalue weighted by molar-refractivity contribution is 7.14. The number of carbonyl (C=O) groups is 2. The maximum atomic E-state index is 12.5. The number of benzene rings is 2. The lowest BCUT2D eigenvalue weighted by Crippen LogP contribution is -2.18. The summed E-state index contributed by atoms with van der Waals surface area (Å²) in [6.45, 7) is 0. The molecule has 0 aliphatic carbocycles. The van der Waals surface area contributed by atoms with Gasteiger partial charge >= 0.3 is 0 Å². The van der Waals surface area contributed by atoms with Gasteiger partial charge in [0.25, 0.3) is 11.8 Å². The van der Waals surface area contributed by atoms with Crippen molar-refractivity contribution in [3.8, 4) is 0 Å². The highest BCUT2D eigenvalue weighted by Gasteiger charge is 2.21. The Balaban J connectivity index is 1.81. The molecule has 0 spiro atoms. The molecule has 2 amide bonds. The van der Waals surface area contributed by atoms with E-state index in [1.807, 2.05) is 6.07 Å². The molecule has 0 unspecified atom stereocenters. The first-order valence-corrected chi connectivity index (χ1v) is 9.23. The number of rotatable bonds is 4. The molecule has 1 aromatic heterocycles. The normalized spacial score (nSPS) is 10.4. The van der Waals surface area contributed by atoms with Crippen LogP contribution in [0.4, 0.5) is 10.7 Å². The molecule has 5 nitrogen and oxygen atoms in total. The summed E-state index contributed by atoms with van der Waals surface area (Å²) >= 11 is 19.1. The van der Waals surface area contributed by atoms with Crippen molar-refractivity contribution in [1.82, 2.24) is 4.98 Å². The summed E-state index contributed by atoms with van der Waals surface area (Å²) in [7, 11) is 0. The smallest absolute Gasteiger partial charge is 0.277 e. The number of amides is 2. The molecular weight excluding hydrogens is 417 g/mol. The number of hydrogen-bond donors (Lipinski definition) is 2. The summed E-state index contributed by atoms with van der Waals surface area (Å²) in [6.07, 6.45) is 0. The lowest BCUT2D eigenvalue weighted by atomic mass is 10.2. The average molecular weight is 427 g/mol. The largest absolute Gasteiger partial charge is 0.321 e. The molecule has 0 radical (unpaired) electrons. The van der Waals surface area contributed by atoms with E-state index >= 15 is 0 Å². The van der Waals surface area contributed by atoms with E-state index in [0.29, 0.717) is 10.7 Å². The minimum absolute atomic E-state index is 0.0700. The SMILES string of the molecule is O=C(Nc1ccccc1)c1ncsc1NC(=O)c1c(Cl)cc(Cl)cc1Cl. The molecule has 26 heavy (non-hydrogen) atoms. The third kappa shape index (κ3) is 4.16. The zero-order valence-electron chi connectivity index (χ0n) is 12.9. The van der Waals surface area contributed by atoms with Crippen molar-refractivity contribution in [3.63, 3.8) is 0 Å². The Bertz CT molecular complexity index is 953. The second-order valence-electron chi connectivity index (χ2n) is 5.05. The third-order valence-corrected chi connectivity index (χ3v) is 4.83. The van der Waals surface area contributed by atoms with Crippen LogP contribution in [-0.4, -0.2) is 16.8 Å². The van der Waals surface area contributed by atoms with Gasteiger partial charge in [0, 0.05) is 10.7 Å². The van der Waals surface area contributed by atoms with Crippen LogP contribution >= 0.6 is 46.1 Å². The van der Waals surface area contributed by atoms with Crippen LogP contribution < -0.4 is 10.6 Å². The van der Waals surface area contributed by atoms with Gasteiger partial charge in [-0.05, 0) is 24.3 Å². The van der Waals surface area contributed by atoms with E-state index in [1.165, 1.54) is 17.6 Å². The fourth-order valence-electron chi connectivity index (χ4n) is 2.13. The van der Waals surface area contributed by atoms with Crippen LogP contribution in [0.25, 0.3) is 0 Å². The Kier molecular flexibility index (Phi) is 5.78. The first-order chi connectivity index (χ1) is 12.5. The Hall–Kier alpha value is -2.12. The van der Waals surface area contributed by atoms with Gasteiger partial charge < -0.3 is 10.6 Å². The Morgan fingerprint density at radius 1 is 0.923 bits per heavy atom. The van der Waals surface area contributed by atoms with Gasteiger partial charge in [-0.15, -0.1) is 11.3 Å². The molecule has 0 atom stereocenters. The molecule has 3 aromatic rings. The second-order valence-corrected chi connectivity index (χ2v) is 7.15. The summed E-state index contributed by atoms with van der Waals surface area (Å²) in [6, 6.07) is 11.8. The zero-order valence-corrected chi connectivity index (χ0v) is 16.0. The van der Waals surface area contributed by atoms with Crippen LogP contribution in [0.1, 0.15) is 20.8 Å². The molecular formula is C17H10Cl3N3O2S. The minimum Gasteiger partial charge on any atom is -0.321 e. The van der Waals surface area contributed by atoms with E-state index in [4.69, 9.17) is 34.8 Å². The van der Waals surface area contributed by atoms with Gasteiger partial charge in [-0.3, -0.25) is 9.59 Å². The Morgan fingerprint density at radius 2 is 1.58 bits per heavy atom. The van der Waals surface area contributed by atoms with E-state index in [0.717, 1.165) is 11.3 Å². The molecule has 0 aliphatic heterocycles. The molecule has 1 heterocycles. The number of para-hydroxylation sites is 1. The fraction of sp³-hybridized carbons (Fsp3) is 0. The van der Waals surface area contributed by atoms with Crippen molar-refractivity contribution in [2.75, 3.05) is 10.6 Å². The van der Waals surface area contributed by atoms with Gasteiger partial charge in [0.2, 0.25) is 0 Å². The third-order valence-electron chi connectivity index (χ3n) is 3.28. The molecule has 2 aromatic carbocycles. The number of halogens is 3. The van der Waals surface area contributed by atoms with Crippen LogP contribution in [0.15, 0.2) is 48.0 Å². The Morgan fingerprint density at radius 3 is 2.23 bits per heavy atom. The number of nitrogens with one attached hydrogen (secondary N) is 2. The molecule has 0 aliphatic rings. The van der Waals surface area contributed by atoms with Crippen LogP contribution in [0.2, 0.25) is 15.1 Å². The van der Waals surface area contributed by atoms with Crippen LogP contribution in [0, 0.1) is 0 Å². The van der Waals surface area contributed by atoms with Crippen LogP contribution in [-0.2, 0) is 0 Å². The van der Waals surface area contributed by atoms with E-state index < -0.39 is 11.8 Å². The molecule has 0 saturated heterocycles. The van der Waals surface area contributed by atoms with E-state index in [2.05, 4.69) is 15.6 Å². The topological polar surface area (TPSA) is 71.1 Å². The van der Waals surface area contributed by atoms with Crippen molar-refractivity contribution in [1.29, 1.82) is 0 Å². The zero-order chi connectivity index (χ0) is 18.7. The first kappa shape index (κ1) is 18.7. The maximum absolute atomic E-state index is 12.5. The lowest BCUT2D eigenvalue weighted by molar-refractivity contribution is 0.102. The molecule has 3 rings (SSSR count). The molecule has 132 valence electrons. The summed E-state index contributed by atoms with van der Waals surface area (Å²) in [5.41, 5.74) is 2.24. The number of thiazole rings is 1. The summed E-state index contributed by atoms with van der Waals surface area (Å²) in [4.78, 5) is 28.9. The van der Waals surface area contributed by atoms with Gasteiger partial charge in [0.15, 0.2) is 5.69 Å². The van der Waals surface area contributed by atoms with E-state index in [9.17, 15) is 9.59 Å². The maximum Gasteiger partial charge on any atom is 0.277 e. The molecule has 0 bridgehead atoms. The van der Waals surface area contributed by atoms with Crippen molar-refractivity contribution >= 4 is 68.6 Å². The van der Waals surface area contributed by atoms with Crippen LogP contribution in [0.3, 0.4) is 0 Å². The fourth-order valence-corrected chi connectivity index (χ4v) is 3.79. The molecule has 0 fully saturated rings. The minimum atomic E-state index is -0.560. The number of nitrogens with zero attached hydrogens (tertiary/aromatic N) is 1. The molecule has 2 N–H and O–H groups in total. The van der Waals surface area contributed by atoms with Gasteiger partial charge in [0.1, 0.15) is 5.00 Å². The quantitative estimate of drug-likeness (QED) is 0.570. The van der Waals surface area contributed by atoms with Crippen molar-refractivity contribution in [2.45, 2.75) is 0 Å². The number of aromatic nitrogens is 1. The summed E-state index contributed by atoms with van der Waals surface area (Å²) < 4.78 is 0. The van der Waals surface area contributed by atoms with Gasteiger partial charge in [-0.2, -0.15) is 0 Å². The number of hydrogen-bond acceptors (Lipinski definition) is 4. The van der Waals surface area contributed by atoms with Crippen molar-refractivity contribution in [3.05, 3.63) is 74.3 Å². The standard InChI is InChI=1S/C17H10Cl3N3O2S/c18-9-6-11(19)13(12(20)7-9)15(24)23-17-14(21-8-26-17)16(25)22-10-4-2-1-3-5-10/h1-8H,(H,22,25)(H,23,24). The predicted octanol–water partition coefficient (Wildman–Crippen LogP) is 5.61. The monoisotopic (exact) mass is 425 g/mol. The number of anilines is 2. The number of carbonyl (C=O) groups excluding carboxylic acids is 2. The van der Waals surface area contributed by atoms with Gasteiger partial charge in [-0.25, -0.2) is 4.98 Å². The first-order valence-electron chi connectivity index (χ1n) is 7.21. The average Bonchev–Trinajstić information content (AvgIpc) is 3.03. The Labute approximate surface area is 167 Å². The van der Waals surface area contributed by atoms with Gasteiger partial charge in [-0.1, -0.05) is 53.0 Å². The van der Waals surface area contributed by atoms with E-state index in [1.54, 1.807) is 24.3 Å². The highest BCUT2D eigenvalue weighted by atomic mass is 35.5. The molecule has 9 heteroatoms. The molecule has 0 saturated carbocycles. The van der Waals surface area contributed by atoms with Crippen LogP contribution in [0.5, 0.6) is 0 Å². The second kappa shape index (κ2) is 8.05. The van der Waals surface area contributed by atoms with Crippen molar-refractivity contribution < 1.29 is 9.59 Å². The summed E-state index contributed by atoms with van der Waals surface area (Å²) in [5, 5.41) is 6.15. The van der Waals surface area contributed by atoms with Crippen molar-refractivity contribution in [2.24, 2.45) is 0 Å².